The van der Waals surface area contributed by atoms with E-state index in [0.29, 0.717) is 16.7 Å². The minimum atomic E-state index is -0.990. The predicted molar refractivity (Wildman–Crippen MR) is 91.4 cm³/mol. The lowest BCUT2D eigenvalue weighted by molar-refractivity contribution is -0.118. The van der Waals surface area contributed by atoms with Crippen molar-refractivity contribution in [3.8, 4) is 11.6 Å². The molecule has 8 heteroatoms. The van der Waals surface area contributed by atoms with Crippen molar-refractivity contribution in [1.82, 2.24) is 10.4 Å². The number of aromatic nitrogens is 1. The molecule has 4 rings (SSSR count). The standard InChI is InChI=1S/C16H14N4O3S/c1-22-10-3-4-12-11(8-10)16(15(21)18-12)20-19-14(24-16)9-5-6-17-13(7-9)23-2/h3-8,20H,1-2H3,(H,18,21). The fraction of sp³-hybridized carbons (Fsp3) is 0.188. The molecule has 0 saturated heterocycles. The number of hydrogen-bond acceptors (Lipinski definition) is 7. The maximum absolute atomic E-state index is 12.6. The van der Waals surface area contributed by atoms with E-state index in [1.165, 1.54) is 11.8 Å². The van der Waals surface area contributed by atoms with Crippen LogP contribution < -0.4 is 20.2 Å². The minimum absolute atomic E-state index is 0.157. The number of fused-ring (bicyclic) bond motifs is 2. The molecular formula is C16H14N4O3S. The van der Waals surface area contributed by atoms with Crippen molar-refractivity contribution in [1.29, 1.82) is 0 Å². The molecular weight excluding hydrogens is 328 g/mol. The van der Waals surface area contributed by atoms with E-state index >= 15 is 0 Å². The highest BCUT2D eigenvalue weighted by molar-refractivity contribution is 8.16. The number of carbonyl (C=O) groups excluding carboxylic acids is 1. The summed E-state index contributed by atoms with van der Waals surface area (Å²) in [5.41, 5.74) is 5.39. The molecule has 7 nitrogen and oxygen atoms in total. The molecule has 2 aromatic rings. The van der Waals surface area contributed by atoms with Crippen LogP contribution in [0.5, 0.6) is 11.6 Å². The molecule has 1 spiro atoms. The number of nitrogens with one attached hydrogen (secondary N) is 2. The number of thioether (sulfide) groups is 1. The zero-order valence-corrected chi connectivity index (χ0v) is 13.8. The van der Waals surface area contributed by atoms with Crippen molar-refractivity contribution in [3.05, 3.63) is 47.7 Å². The van der Waals surface area contributed by atoms with Gasteiger partial charge in [0.2, 0.25) is 10.8 Å². The summed E-state index contributed by atoms with van der Waals surface area (Å²) in [5.74, 6) is 1.02. The van der Waals surface area contributed by atoms with E-state index < -0.39 is 4.87 Å². The van der Waals surface area contributed by atoms with E-state index in [2.05, 4.69) is 20.8 Å². The molecule has 2 N–H and O–H groups in total. The molecule has 122 valence electrons. The summed E-state index contributed by atoms with van der Waals surface area (Å²) in [4.78, 5) is 15.7. The molecule has 24 heavy (non-hydrogen) atoms. The van der Waals surface area contributed by atoms with Crippen molar-refractivity contribution < 1.29 is 14.3 Å². The van der Waals surface area contributed by atoms with Crippen molar-refractivity contribution in [2.75, 3.05) is 19.5 Å². The first-order valence-electron chi connectivity index (χ1n) is 7.20. The van der Waals surface area contributed by atoms with Crippen LogP contribution in [-0.2, 0) is 9.67 Å². The summed E-state index contributed by atoms with van der Waals surface area (Å²) in [7, 11) is 3.15. The van der Waals surface area contributed by atoms with E-state index in [1.807, 2.05) is 24.3 Å². The van der Waals surface area contributed by atoms with Gasteiger partial charge in [0, 0.05) is 29.1 Å². The third-order valence-corrected chi connectivity index (χ3v) is 5.25. The van der Waals surface area contributed by atoms with Crippen molar-refractivity contribution >= 4 is 28.4 Å². The van der Waals surface area contributed by atoms with Crippen molar-refractivity contribution in [2.45, 2.75) is 4.87 Å². The second kappa shape index (κ2) is 5.41. The van der Waals surface area contributed by atoms with Crippen LogP contribution in [0.15, 0.2) is 41.6 Å². The molecule has 0 bridgehead atoms. The number of hydrazone groups is 1. The second-order valence-electron chi connectivity index (χ2n) is 5.26. The van der Waals surface area contributed by atoms with Crippen LogP contribution in [0.4, 0.5) is 5.69 Å². The summed E-state index contributed by atoms with van der Waals surface area (Å²) in [6, 6.07) is 9.10. The molecule has 1 aromatic heterocycles. The molecule has 3 heterocycles. The number of nitrogens with zero attached hydrogens (tertiary/aromatic N) is 2. The molecule has 0 radical (unpaired) electrons. The lowest BCUT2D eigenvalue weighted by Crippen LogP contribution is -2.39. The van der Waals surface area contributed by atoms with Crippen LogP contribution in [0, 0.1) is 0 Å². The Morgan fingerprint density at radius 1 is 1.17 bits per heavy atom. The fourth-order valence-electron chi connectivity index (χ4n) is 2.69. The number of amides is 1. The van der Waals surface area contributed by atoms with E-state index in [9.17, 15) is 4.79 Å². The average Bonchev–Trinajstić information content (AvgIpc) is 3.18. The average molecular weight is 342 g/mol. The Hall–Kier alpha value is -2.74. The monoisotopic (exact) mass is 342 g/mol. The molecule has 1 atom stereocenters. The van der Waals surface area contributed by atoms with Gasteiger partial charge in [0.15, 0.2) is 0 Å². The highest BCUT2D eigenvalue weighted by atomic mass is 32.2. The molecule has 1 amide bonds. The zero-order chi connectivity index (χ0) is 16.7. The largest absolute Gasteiger partial charge is 0.497 e. The van der Waals surface area contributed by atoms with Crippen molar-refractivity contribution in [2.24, 2.45) is 5.10 Å². The fourth-order valence-corrected chi connectivity index (χ4v) is 3.83. The molecule has 2 aliphatic heterocycles. The van der Waals surface area contributed by atoms with Gasteiger partial charge in [0.1, 0.15) is 10.8 Å². The molecule has 0 aliphatic carbocycles. The quantitative estimate of drug-likeness (QED) is 0.886. The van der Waals surface area contributed by atoms with Gasteiger partial charge in [-0.1, -0.05) is 11.8 Å². The number of benzene rings is 1. The van der Waals surface area contributed by atoms with Crippen LogP contribution in [-0.4, -0.2) is 30.2 Å². The minimum Gasteiger partial charge on any atom is -0.497 e. The first kappa shape index (κ1) is 14.8. The number of carbonyl (C=O) groups is 1. The normalized spacial score (nSPS) is 21.1. The summed E-state index contributed by atoms with van der Waals surface area (Å²) in [5, 5.41) is 7.95. The van der Waals surface area contributed by atoms with Gasteiger partial charge in [0.25, 0.3) is 5.91 Å². The van der Waals surface area contributed by atoms with Crippen LogP contribution >= 0.6 is 11.8 Å². The topological polar surface area (TPSA) is 84.8 Å². The van der Waals surface area contributed by atoms with Gasteiger partial charge in [0.05, 0.1) is 14.2 Å². The van der Waals surface area contributed by atoms with Gasteiger partial charge in [-0.05, 0) is 24.3 Å². The van der Waals surface area contributed by atoms with Gasteiger partial charge >= 0.3 is 0 Å². The molecule has 0 fully saturated rings. The Morgan fingerprint density at radius 3 is 2.83 bits per heavy atom. The molecule has 1 aromatic carbocycles. The number of anilines is 1. The maximum Gasteiger partial charge on any atom is 0.267 e. The van der Waals surface area contributed by atoms with E-state index in [-0.39, 0.29) is 5.91 Å². The summed E-state index contributed by atoms with van der Waals surface area (Å²) >= 11 is 1.35. The van der Waals surface area contributed by atoms with Crippen LogP contribution in [0.2, 0.25) is 0 Å². The van der Waals surface area contributed by atoms with Crippen molar-refractivity contribution in [3.63, 3.8) is 0 Å². The molecule has 2 aliphatic rings. The predicted octanol–water partition coefficient (Wildman–Crippen LogP) is 1.90. The lowest BCUT2D eigenvalue weighted by atomic mass is 10.1. The SMILES string of the molecule is COc1ccc2c(c1)C1(NN=C(c3ccnc(OC)c3)S1)C(=O)N2. The number of methoxy groups -OCH3 is 2. The van der Waals surface area contributed by atoms with Gasteiger partial charge in [-0.15, -0.1) is 0 Å². The Balaban J connectivity index is 1.71. The number of hydrogen-bond donors (Lipinski definition) is 2. The smallest absolute Gasteiger partial charge is 0.267 e. The van der Waals surface area contributed by atoms with E-state index in [4.69, 9.17) is 9.47 Å². The first-order chi connectivity index (χ1) is 11.7. The van der Waals surface area contributed by atoms with Gasteiger partial charge in [-0.2, -0.15) is 5.10 Å². The van der Waals surface area contributed by atoms with Gasteiger partial charge in [-0.25, -0.2) is 4.98 Å². The van der Waals surface area contributed by atoms with Crippen LogP contribution in [0.25, 0.3) is 0 Å². The maximum atomic E-state index is 12.6. The Labute approximate surface area is 142 Å². The zero-order valence-electron chi connectivity index (χ0n) is 13.0. The third kappa shape index (κ3) is 2.10. The van der Waals surface area contributed by atoms with Gasteiger partial charge in [-0.3, -0.25) is 10.2 Å². The third-order valence-electron chi connectivity index (χ3n) is 3.93. The highest BCUT2D eigenvalue weighted by Crippen LogP contribution is 2.49. The van der Waals surface area contributed by atoms with Crippen LogP contribution in [0.3, 0.4) is 0 Å². The summed E-state index contributed by atoms with van der Waals surface area (Å²) in [6.07, 6.45) is 1.65. The lowest BCUT2D eigenvalue weighted by Gasteiger charge is -2.20. The van der Waals surface area contributed by atoms with E-state index in [1.54, 1.807) is 26.5 Å². The number of ether oxygens (including phenoxy) is 2. The van der Waals surface area contributed by atoms with Crippen LogP contribution in [0.1, 0.15) is 11.1 Å². The van der Waals surface area contributed by atoms with Gasteiger partial charge < -0.3 is 14.8 Å². The Bertz CT molecular complexity index is 870. The molecule has 0 saturated carbocycles. The summed E-state index contributed by atoms with van der Waals surface area (Å²) < 4.78 is 10.4. The Morgan fingerprint density at radius 2 is 2.04 bits per heavy atom. The summed E-state index contributed by atoms with van der Waals surface area (Å²) in [6.45, 7) is 0. The molecule has 1 unspecified atom stereocenters. The second-order valence-corrected chi connectivity index (χ2v) is 6.47. The number of rotatable bonds is 3. The number of pyridine rings is 1. The van der Waals surface area contributed by atoms with E-state index in [0.717, 1.165) is 16.8 Å². The highest BCUT2D eigenvalue weighted by Gasteiger charge is 2.52. The first-order valence-corrected chi connectivity index (χ1v) is 8.02. The Kier molecular flexibility index (Phi) is 3.34.